The number of aromatic carboxylic acids is 1. The summed E-state index contributed by atoms with van der Waals surface area (Å²) in [5, 5.41) is 8.87. The number of aromatic nitrogens is 2. The molecule has 2 aromatic rings. The molecule has 1 aromatic carbocycles. The second-order valence-corrected chi connectivity index (χ2v) is 6.51. The lowest BCUT2D eigenvalue weighted by Crippen LogP contribution is -2.14. The van der Waals surface area contributed by atoms with E-state index < -0.39 is 21.8 Å². The minimum Gasteiger partial charge on any atom is -0.475 e. The molecule has 2 rings (SSSR count). The Kier molecular flexibility index (Phi) is 3.93. The van der Waals surface area contributed by atoms with Crippen molar-refractivity contribution in [3.8, 4) is 0 Å². The van der Waals surface area contributed by atoms with Crippen LogP contribution >= 0.6 is 23.1 Å². The molecular weight excluding hydrogens is 326 g/mol. The second-order valence-electron chi connectivity index (χ2n) is 3.70. The smallest absolute Gasteiger partial charge is 0.375 e. The van der Waals surface area contributed by atoms with Crippen LogP contribution in [0.2, 0.25) is 5.02 Å². The molecular formula is C10H8ClN3O4S2. The monoisotopic (exact) mass is 333 g/mol. The SMILES string of the molecule is Cc1c(Cl)cccc1S(=O)(=O)Nc1nc(C(=O)O)ns1. The molecule has 0 aliphatic heterocycles. The summed E-state index contributed by atoms with van der Waals surface area (Å²) in [7, 11) is -3.90. The standard InChI is InChI=1S/C10H8ClN3O4S2/c1-5-6(11)3-2-4-7(5)20(17,18)14-10-12-8(9(15)16)13-19-10/h2-4H,1H3,(H,15,16)(H,12,13,14). The normalized spacial score (nSPS) is 11.3. The van der Waals surface area contributed by atoms with Crippen molar-refractivity contribution in [3.63, 3.8) is 0 Å². The van der Waals surface area contributed by atoms with Gasteiger partial charge < -0.3 is 5.11 Å². The molecule has 7 nitrogen and oxygen atoms in total. The molecule has 0 bridgehead atoms. The topological polar surface area (TPSA) is 109 Å². The van der Waals surface area contributed by atoms with E-state index in [4.69, 9.17) is 16.7 Å². The summed E-state index contributed by atoms with van der Waals surface area (Å²) in [6, 6.07) is 4.47. The number of carbonyl (C=O) groups is 1. The summed E-state index contributed by atoms with van der Waals surface area (Å²) in [6.45, 7) is 1.57. The van der Waals surface area contributed by atoms with Crippen molar-refractivity contribution < 1.29 is 18.3 Å². The highest BCUT2D eigenvalue weighted by Crippen LogP contribution is 2.25. The molecule has 10 heteroatoms. The van der Waals surface area contributed by atoms with E-state index in [0.29, 0.717) is 22.1 Å². The number of nitrogens with one attached hydrogen (secondary N) is 1. The fourth-order valence-electron chi connectivity index (χ4n) is 1.40. The molecule has 1 heterocycles. The molecule has 0 aliphatic rings. The van der Waals surface area contributed by atoms with Crippen LogP contribution in [-0.4, -0.2) is 28.9 Å². The number of nitrogens with zero attached hydrogens (tertiary/aromatic N) is 2. The number of rotatable bonds is 4. The minimum atomic E-state index is -3.90. The molecule has 106 valence electrons. The largest absolute Gasteiger partial charge is 0.475 e. The summed E-state index contributed by atoms with van der Waals surface area (Å²) in [4.78, 5) is 14.2. The molecule has 2 N–H and O–H groups in total. The van der Waals surface area contributed by atoms with E-state index in [-0.39, 0.29) is 10.0 Å². The van der Waals surface area contributed by atoms with Gasteiger partial charge in [0.05, 0.1) is 4.90 Å². The van der Waals surface area contributed by atoms with Gasteiger partial charge in [0.15, 0.2) is 0 Å². The Morgan fingerprint density at radius 3 is 2.75 bits per heavy atom. The quantitative estimate of drug-likeness (QED) is 0.885. The Morgan fingerprint density at radius 1 is 1.45 bits per heavy atom. The maximum atomic E-state index is 12.2. The van der Waals surface area contributed by atoms with Gasteiger partial charge in [-0.05, 0) is 24.6 Å². The Labute approximate surface area is 123 Å². The summed E-state index contributed by atoms with van der Waals surface area (Å²) < 4.78 is 30.0. The van der Waals surface area contributed by atoms with Gasteiger partial charge in [0.25, 0.3) is 15.8 Å². The van der Waals surface area contributed by atoms with Crippen molar-refractivity contribution in [1.29, 1.82) is 0 Å². The van der Waals surface area contributed by atoms with Gasteiger partial charge in [-0.3, -0.25) is 4.72 Å². The zero-order chi connectivity index (χ0) is 14.9. The molecule has 0 amide bonds. The number of hydrogen-bond acceptors (Lipinski definition) is 6. The number of anilines is 1. The number of hydrogen-bond donors (Lipinski definition) is 2. The van der Waals surface area contributed by atoms with Gasteiger partial charge >= 0.3 is 5.97 Å². The molecule has 0 saturated carbocycles. The predicted molar refractivity (Wildman–Crippen MR) is 73.9 cm³/mol. The van der Waals surface area contributed by atoms with E-state index in [2.05, 4.69) is 14.1 Å². The maximum Gasteiger partial charge on any atom is 0.375 e. The highest BCUT2D eigenvalue weighted by Gasteiger charge is 2.21. The predicted octanol–water partition coefficient (Wildman–Crippen LogP) is 2.00. The van der Waals surface area contributed by atoms with Crippen molar-refractivity contribution in [2.45, 2.75) is 11.8 Å². The number of sulfonamides is 1. The van der Waals surface area contributed by atoms with E-state index in [1.165, 1.54) is 12.1 Å². The van der Waals surface area contributed by atoms with Crippen LogP contribution in [0.25, 0.3) is 0 Å². The lowest BCUT2D eigenvalue weighted by atomic mass is 10.2. The third kappa shape index (κ3) is 2.89. The average molecular weight is 334 g/mol. The second kappa shape index (κ2) is 5.35. The Bertz CT molecular complexity index is 773. The van der Waals surface area contributed by atoms with Gasteiger partial charge in [-0.25, -0.2) is 13.2 Å². The molecule has 0 unspecified atom stereocenters. The first-order valence-corrected chi connectivity index (χ1v) is 7.79. The van der Waals surface area contributed by atoms with Crippen LogP contribution in [0.4, 0.5) is 5.13 Å². The molecule has 0 spiro atoms. The van der Waals surface area contributed by atoms with Crippen LogP contribution in [0.1, 0.15) is 16.2 Å². The highest BCUT2D eigenvalue weighted by atomic mass is 35.5. The molecule has 1 aromatic heterocycles. The third-order valence-electron chi connectivity index (χ3n) is 2.35. The van der Waals surface area contributed by atoms with Crippen molar-refractivity contribution in [2.24, 2.45) is 0 Å². The van der Waals surface area contributed by atoms with E-state index in [9.17, 15) is 13.2 Å². The number of benzene rings is 1. The van der Waals surface area contributed by atoms with E-state index in [1.54, 1.807) is 13.0 Å². The summed E-state index contributed by atoms with van der Waals surface area (Å²) in [6.07, 6.45) is 0. The van der Waals surface area contributed by atoms with Crippen molar-refractivity contribution in [1.82, 2.24) is 9.36 Å². The van der Waals surface area contributed by atoms with Gasteiger partial charge in [-0.2, -0.15) is 9.36 Å². The van der Waals surface area contributed by atoms with Crippen LogP contribution in [0.3, 0.4) is 0 Å². The van der Waals surface area contributed by atoms with Crippen LogP contribution < -0.4 is 4.72 Å². The summed E-state index contributed by atoms with van der Waals surface area (Å²) in [5.74, 6) is -1.79. The van der Waals surface area contributed by atoms with Crippen molar-refractivity contribution in [3.05, 3.63) is 34.6 Å². The van der Waals surface area contributed by atoms with Crippen molar-refractivity contribution in [2.75, 3.05) is 4.72 Å². The zero-order valence-corrected chi connectivity index (χ0v) is 12.4. The lowest BCUT2D eigenvalue weighted by molar-refractivity contribution is 0.0685. The average Bonchev–Trinajstić information content (AvgIpc) is 2.80. The van der Waals surface area contributed by atoms with E-state index in [1.807, 2.05) is 0 Å². The molecule has 20 heavy (non-hydrogen) atoms. The number of carboxylic acid groups (broad SMARTS) is 1. The summed E-state index contributed by atoms with van der Waals surface area (Å²) in [5.41, 5.74) is 0.393. The van der Waals surface area contributed by atoms with E-state index in [0.717, 1.165) is 0 Å². The molecule has 0 aliphatic carbocycles. The van der Waals surface area contributed by atoms with Crippen LogP contribution in [0.5, 0.6) is 0 Å². The van der Waals surface area contributed by atoms with E-state index >= 15 is 0 Å². The minimum absolute atomic E-state index is 0.00271. The van der Waals surface area contributed by atoms with Crippen LogP contribution in [0.15, 0.2) is 23.1 Å². The number of halogens is 1. The molecule has 0 radical (unpaired) electrons. The fourth-order valence-corrected chi connectivity index (χ4v) is 3.68. The molecule has 0 saturated heterocycles. The van der Waals surface area contributed by atoms with Gasteiger partial charge in [-0.15, -0.1) is 0 Å². The number of carboxylic acids is 1. The third-order valence-corrected chi connectivity index (χ3v) is 5.00. The fraction of sp³-hybridized carbons (Fsp3) is 0.100. The highest BCUT2D eigenvalue weighted by molar-refractivity contribution is 7.93. The van der Waals surface area contributed by atoms with Crippen LogP contribution in [0, 0.1) is 6.92 Å². The first-order chi connectivity index (χ1) is 9.31. The first-order valence-electron chi connectivity index (χ1n) is 5.16. The molecule has 0 atom stereocenters. The van der Waals surface area contributed by atoms with Gasteiger partial charge in [0, 0.05) is 16.6 Å². The Balaban J connectivity index is 2.35. The van der Waals surface area contributed by atoms with Gasteiger partial charge in [0.1, 0.15) is 0 Å². The zero-order valence-electron chi connectivity index (χ0n) is 9.99. The summed E-state index contributed by atoms with van der Waals surface area (Å²) >= 11 is 6.52. The lowest BCUT2D eigenvalue weighted by Gasteiger charge is -2.08. The van der Waals surface area contributed by atoms with Gasteiger partial charge in [-0.1, -0.05) is 17.7 Å². The van der Waals surface area contributed by atoms with Crippen LogP contribution in [-0.2, 0) is 10.0 Å². The van der Waals surface area contributed by atoms with Crippen molar-refractivity contribution >= 4 is 44.3 Å². The molecule has 0 fully saturated rings. The Hall–Kier alpha value is -1.71. The Morgan fingerprint density at radius 2 is 2.15 bits per heavy atom. The maximum absolute atomic E-state index is 12.2. The van der Waals surface area contributed by atoms with Gasteiger partial charge in [0.2, 0.25) is 5.13 Å². The first kappa shape index (κ1) is 14.7.